The number of rotatable bonds is 7. The summed E-state index contributed by atoms with van der Waals surface area (Å²) in [6.45, 7) is 1.88. The maximum Gasteiger partial charge on any atom is 0.243 e. The van der Waals surface area contributed by atoms with Gasteiger partial charge < -0.3 is 15.4 Å². The van der Waals surface area contributed by atoms with Crippen molar-refractivity contribution in [2.75, 3.05) is 38.7 Å². The van der Waals surface area contributed by atoms with E-state index >= 15 is 0 Å². The van der Waals surface area contributed by atoms with Crippen LogP contribution in [0.25, 0.3) is 0 Å². The third kappa shape index (κ3) is 5.99. The van der Waals surface area contributed by atoms with Gasteiger partial charge in [-0.2, -0.15) is 4.31 Å². The molecule has 1 saturated heterocycles. The Hall–Kier alpha value is -2.09. The zero-order chi connectivity index (χ0) is 22.5. The normalized spacial score (nSPS) is 15.4. The van der Waals surface area contributed by atoms with Gasteiger partial charge in [-0.05, 0) is 61.2 Å². The van der Waals surface area contributed by atoms with Crippen LogP contribution in [0.4, 0.5) is 5.69 Å². The summed E-state index contributed by atoms with van der Waals surface area (Å²) >= 11 is 5.28. The maximum atomic E-state index is 12.7. The van der Waals surface area contributed by atoms with Crippen LogP contribution < -0.4 is 15.4 Å². The lowest BCUT2D eigenvalue weighted by atomic mass is 10.2. The molecule has 1 aliphatic rings. The second kappa shape index (κ2) is 10.0. The van der Waals surface area contributed by atoms with E-state index < -0.39 is 20.0 Å². The monoisotopic (exact) mass is 484 g/mol. The predicted octanol–water partition coefficient (Wildman–Crippen LogP) is 1.10. The maximum absolute atomic E-state index is 12.7. The van der Waals surface area contributed by atoms with Crippen molar-refractivity contribution in [3.8, 4) is 0 Å². The molecule has 0 unspecified atom stereocenters. The first kappa shape index (κ1) is 23.6. The zero-order valence-corrected chi connectivity index (χ0v) is 19.3. The van der Waals surface area contributed by atoms with E-state index in [4.69, 9.17) is 17.0 Å². The third-order valence-corrected chi connectivity index (χ3v) is 8.26. The summed E-state index contributed by atoms with van der Waals surface area (Å²) in [7, 11) is -5.65. The van der Waals surface area contributed by atoms with E-state index in [1.54, 1.807) is 24.3 Å². The Morgan fingerprint density at radius 3 is 2.13 bits per heavy atom. The van der Waals surface area contributed by atoms with Crippen molar-refractivity contribution in [3.63, 3.8) is 0 Å². The molecular weight excluding hydrogens is 460 g/mol. The molecule has 0 radical (unpaired) electrons. The second-order valence-electron chi connectivity index (χ2n) is 6.70. The molecule has 0 aromatic heterocycles. The Morgan fingerprint density at radius 1 is 0.968 bits per heavy atom. The fourth-order valence-electron chi connectivity index (χ4n) is 2.91. The molecule has 0 spiro atoms. The molecule has 31 heavy (non-hydrogen) atoms. The van der Waals surface area contributed by atoms with Gasteiger partial charge in [-0.1, -0.05) is 12.1 Å². The summed E-state index contributed by atoms with van der Waals surface area (Å²) < 4.78 is 57.7. The lowest BCUT2D eigenvalue weighted by Crippen LogP contribution is -2.40. The van der Waals surface area contributed by atoms with E-state index in [0.29, 0.717) is 43.6 Å². The first-order valence-electron chi connectivity index (χ1n) is 9.48. The predicted molar refractivity (Wildman–Crippen MR) is 122 cm³/mol. The highest BCUT2D eigenvalue weighted by Crippen LogP contribution is 2.19. The molecule has 0 amide bonds. The summed E-state index contributed by atoms with van der Waals surface area (Å²) in [5, 5.41) is 6.39. The van der Waals surface area contributed by atoms with E-state index in [0.717, 1.165) is 5.56 Å². The van der Waals surface area contributed by atoms with Gasteiger partial charge in [0.05, 0.1) is 23.0 Å². The van der Waals surface area contributed by atoms with Gasteiger partial charge in [0.1, 0.15) is 0 Å². The van der Waals surface area contributed by atoms with Crippen LogP contribution in [0.5, 0.6) is 0 Å². The number of hydrogen-bond donors (Lipinski definition) is 3. The van der Waals surface area contributed by atoms with Crippen molar-refractivity contribution >= 4 is 43.1 Å². The van der Waals surface area contributed by atoms with Crippen molar-refractivity contribution in [1.82, 2.24) is 14.3 Å². The number of anilines is 1. The van der Waals surface area contributed by atoms with Crippen LogP contribution in [0.15, 0.2) is 58.3 Å². The molecule has 2 aromatic carbocycles. The number of hydrogen-bond acceptors (Lipinski definition) is 6. The average molecular weight is 485 g/mol. The van der Waals surface area contributed by atoms with E-state index in [-0.39, 0.29) is 9.79 Å². The number of ether oxygens (including phenoxy) is 1. The Kier molecular flexibility index (Phi) is 7.62. The molecule has 3 rings (SSSR count). The highest BCUT2D eigenvalue weighted by Gasteiger charge is 2.26. The van der Waals surface area contributed by atoms with E-state index in [2.05, 4.69) is 15.4 Å². The number of benzene rings is 2. The zero-order valence-electron chi connectivity index (χ0n) is 16.9. The Morgan fingerprint density at radius 2 is 1.55 bits per heavy atom. The lowest BCUT2D eigenvalue weighted by Gasteiger charge is -2.26. The molecule has 2 aromatic rings. The largest absolute Gasteiger partial charge is 0.379 e. The van der Waals surface area contributed by atoms with Crippen LogP contribution in [-0.4, -0.2) is 59.6 Å². The highest BCUT2D eigenvalue weighted by molar-refractivity contribution is 7.89. The van der Waals surface area contributed by atoms with Gasteiger partial charge in [0.25, 0.3) is 0 Å². The van der Waals surface area contributed by atoms with Gasteiger partial charge >= 0.3 is 0 Å². The van der Waals surface area contributed by atoms with Gasteiger partial charge in [0, 0.05) is 25.3 Å². The van der Waals surface area contributed by atoms with Gasteiger partial charge in [-0.25, -0.2) is 21.6 Å². The molecule has 1 aliphatic heterocycles. The fourth-order valence-corrected chi connectivity index (χ4v) is 5.24. The number of morpholine rings is 1. The third-order valence-electron chi connectivity index (χ3n) is 4.68. The fraction of sp³-hybridized carbons (Fsp3) is 0.316. The van der Waals surface area contributed by atoms with Gasteiger partial charge in [-0.15, -0.1) is 0 Å². The Labute approximate surface area is 187 Å². The van der Waals surface area contributed by atoms with Crippen LogP contribution in [0, 0.1) is 0 Å². The smallest absolute Gasteiger partial charge is 0.243 e. The molecule has 0 atom stereocenters. The average Bonchev–Trinajstić information content (AvgIpc) is 2.79. The molecule has 0 saturated carbocycles. The van der Waals surface area contributed by atoms with Gasteiger partial charge in [0.15, 0.2) is 5.11 Å². The summed E-state index contributed by atoms with van der Waals surface area (Å²) in [6, 6.07) is 12.8. The Balaban J connectivity index is 1.55. The molecule has 168 valence electrons. The number of sulfonamides is 2. The molecule has 1 heterocycles. The number of nitrogens with one attached hydrogen (secondary N) is 3. The van der Waals surface area contributed by atoms with Crippen molar-refractivity contribution in [2.24, 2.45) is 0 Å². The molecule has 12 heteroatoms. The molecule has 9 nitrogen and oxygen atoms in total. The van der Waals surface area contributed by atoms with Crippen molar-refractivity contribution in [2.45, 2.75) is 16.3 Å². The van der Waals surface area contributed by atoms with Crippen molar-refractivity contribution in [1.29, 1.82) is 0 Å². The van der Waals surface area contributed by atoms with Crippen LogP contribution >= 0.6 is 12.2 Å². The van der Waals surface area contributed by atoms with E-state index in [9.17, 15) is 16.8 Å². The minimum Gasteiger partial charge on any atom is -0.379 e. The molecule has 0 bridgehead atoms. The summed E-state index contributed by atoms with van der Waals surface area (Å²) in [5.74, 6) is 0. The van der Waals surface area contributed by atoms with E-state index in [1.807, 2.05) is 0 Å². The molecule has 1 fully saturated rings. The van der Waals surface area contributed by atoms with Crippen LogP contribution in [-0.2, 0) is 31.3 Å². The minimum absolute atomic E-state index is 0.187. The topological polar surface area (TPSA) is 117 Å². The highest BCUT2D eigenvalue weighted by atomic mass is 32.2. The standard InChI is InChI=1S/C19H24N4O5S3/c1-20-30(24,25)17-6-2-15(3-7-17)14-21-19(29)22-16-4-8-18(9-5-16)31(26,27)23-10-12-28-13-11-23/h2-9,20H,10-14H2,1H3,(H2,21,22,29). The number of nitrogens with zero attached hydrogens (tertiary/aromatic N) is 1. The molecular formula is C19H24N4O5S3. The van der Waals surface area contributed by atoms with Gasteiger partial charge in [-0.3, -0.25) is 0 Å². The second-order valence-corrected chi connectivity index (χ2v) is 10.9. The SMILES string of the molecule is CNS(=O)(=O)c1ccc(CNC(=S)Nc2ccc(S(=O)(=O)N3CCOCC3)cc2)cc1. The molecule has 3 N–H and O–H groups in total. The Bertz CT molecular complexity index is 1110. The van der Waals surface area contributed by atoms with Crippen molar-refractivity contribution in [3.05, 3.63) is 54.1 Å². The van der Waals surface area contributed by atoms with Gasteiger partial charge in [0.2, 0.25) is 20.0 Å². The van der Waals surface area contributed by atoms with Crippen LogP contribution in [0.3, 0.4) is 0 Å². The summed E-state index contributed by atoms with van der Waals surface area (Å²) in [4.78, 5) is 0.405. The number of thiocarbonyl (C=S) groups is 1. The minimum atomic E-state index is -3.54. The van der Waals surface area contributed by atoms with Crippen molar-refractivity contribution < 1.29 is 21.6 Å². The van der Waals surface area contributed by atoms with Crippen LogP contribution in [0.1, 0.15) is 5.56 Å². The lowest BCUT2D eigenvalue weighted by molar-refractivity contribution is 0.0730. The van der Waals surface area contributed by atoms with E-state index in [1.165, 1.54) is 35.6 Å². The first-order chi connectivity index (χ1) is 14.7. The summed E-state index contributed by atoms with van der Waals surface area (Å²) in [5.41, 5.74) is 1.50. The van der Waals surface area contributed by atoms with Crippen LogP contribution in [0.2, 0.25) is 0 Å². The quantitative estimate of drug-likeness (QED) is 0.501. The first-order valence-corrected chi connectivity index (χ1v) is 12.8. The summed E-state index contributed by atoms with van der Waals surface area (Å²) in [6.07, 6.45) is 0. The molecule has 0 aliphatic carbocycles.